The van der Waals surface area contributed by atoms with Crippen LogP contribution in [-0.2, 0) is 17.9 Å². The van der Waals surface area contributed by atoms with E-state index in [0.29, 0.717) is 32.8 Å². The SMILES string of the molecule is CN(CC(=O)N(C)Cc1ccco1)Cc1ccc2c(c1)OCCO2. The Kier molecular flexibility index (Phi) is 5.05. The lowest BCUT2D eigenvalue weighted by atomic mass is 10.2. The number of carbonyl (C=O) groups is 1. The van der Waals surface area contributed by atoms with Gasteiger partial charge in [-0.1, -0.05) is 6.07 Å². The Hall–Kier alpha value is -2.47. The molecular weight excluding hydrogens is 308 g/mol. The van der Waals surface area contributed by atoms with E-state index < -0.39 is 0 Å². The fourth-order valence-corrected chi connectivity index (χ4v) is 2.63. The fraction of sp³-hybridized carbons (Fsp3) is 0.389. The predicted octanol–water partition coefficient (Wildman–Crippen LogP) is 2.14. The van der Waals surface area contributed by atoms with E-state index >= 15 is 0 Å². The van der Waals surface area contributed by atoms with Crippen molar-refractivity contribution < 1.29 is 18.7 Å². The van der Waals surface area contributed by atoms with Crippen LogP contribution in [0.3, 0.4) is 0 Å². The van der Waals surface area contributed by atoms with Crippen LogP contribution in [0.5, 0.6) is 11.5 Å². The summed E-state index contributed by atoms with van der Waals surface area (Å²) in [6.07, 6.45) is 1.61. The van der Waals surface area contributed by atoms with Crippen molar-refractivity contribution in [3.8, 4) is 11.5 Å². The average molecular weight is 330 g/mol. The maximum atomic E-state index is 12.3. The molecule has 6 heteroatoms. The lowest BCUT2D eigenvalue weighted by Gasteiger charge is -2.22. The van der Waals surface area contributed by atoms with Crippen LogP contribution >= 0.6 is 0 Å². The Bertz CT molecular complexity index is 684. The lowest BCUT2D eigenvalue weighted by molar-refractivity contribution is -0.131. The topological polar surface area (TPSA) is 55.2 Å². The summed E-state index contributed by atoms with van der Waals surface area (Å²) in [4.78, 5) is 15.9. The van der Waals surface area contributed by atoms with Crippen LogP contribution in [0.25, 0.3) is 0 Å². The summed E-state index contributed by atoms with van der Waals surface area (Å²) in [5.41, 5.74) is 1.09. The number of rotatable bonds is 6. The first-order chi connectivity index (χ1) is 11.6. The van der Waals surface area contributed by atoms with Gasteiger partial charge in [0.15, 0.2) is 11.5 Å². The molecular formula is C18H22N2O4. The van der Waals surface area contributed by atoms with Crippen LogP contribution in [0.15, 0.2) is 41.0 Å². The first kappa shape index (κ1) is 16.4. The molecule has 24 heavy (non-hydrogen) atoms. The third-order valence-electron chi connectivity index (χ3n) is 3.86. The highest BCUT2D eigenvalue weighted by molar-refractivity contribution is 5.77. The molecule has 1 aliphatic heterocycles. The second-order valence-corrected chi connectivity index (χ2v) is 5.98. The highest BCUT2D eigenvalue weighted by atomic mass is 16.6. The molecule has 1 amide bonds. The molecule has 0 saturated carbocycles. The van der Waals surface area contributed by atoms with E-state index in [1.165, 1.54) is 0 Å². The third-order valence-corrected chi connectivity index (χ3v) is 3.86. The Morgan fingerprint density at radius 1 is 1.08 bits per heavy atom. The zero-order valence-corrected chi connectivity index (χ0v) is 14.0. The molecule has 6 nitrogen and oxygen atoms in total. The molecule has 128 valence electrons. The Morgan fingerprint density at radius 3 is 2.62 bits per heavy atom. The van der Waals surface area contributed by atoms with Crippen LogP contribution < -0.4 is 9.47 Å². The summed E-state index contributed by atoms with van der Waals surface area (Å²) in [6.45, 7) is 2.64. The Morgan fingerprint density at radius 2 is 1.88 bits per heavy atom. The van der Waals surface area contributed by atoms with Gasteiger partial charge in [-0.25, -0.2) is 0 Å². The van der Waals surface area contributed by atoms with Gasteiger partial charge in [0, 0.05) is 13.6 Å². The van der Waals surface area contributed by atoms with Crippen molar-refractivity contribution in [1.29, 1.82) is 0 Å². The lowest BCUT2D eigenvalue weighted by Crippen LogP contribution is -2.36. The second-order valence-electron chi connectivity index (χ2n) is 5.98. The molecule has 0 fully saturated rings. The summed E-state index contributed by atoms with van der Waals surface area (Å²) in [7, 11) is 3.71. The minimum absolute atomic E-state index is 0.0476. The fourth-order valence-electron chi connectivity index (χ4n) is 2.63. The quantitative estimate of drug-likeness (QED) is 0.812. The van der Waals surface area contributed by atoms with Gasteiger partial charge in [-0.15, -0.1) is 0 Å². The second kappa shape index (κ2) is 7.40. The van der Waals surface area contributed by atoms with E-state index in [0.717, 1.165) is 22.8 Å². The van der Waals surface area contributed by atoms with Gasteiger partial charge in [-0.3, -0.25) is 9.69 Å². The summed E-state index contributed by atoms with van der Waals surface area (Å²) in [5, 5.41) is 0. The van der Waals surface area contributed by atoms with Crippen molar-refractivity contribution in [2.75, 3.05) is 33.9 Å². The Balaban J connectivity index is 1.53. The van der Waals surface area contributed by atoms with Gasteiger partial charge in [0.05, 0.1) is 19.4 Å². The van der Waals surface area contributed by atoms with E-state index in [1.807, 2.05) is 42.3 Å². The van der Waals surface area contributed by atoms with Gasteiger partial charge >= 0.3 is 0 Å². The number of ether oxygens (including phenoxy) is 2. The number of benzene rings is 1. The number of fused-ring (bicyclic) bond motifs is 1. The average Bonchev–Trinajstić information content (AvgIpc) is 3.07. The first-order valence-electron chi connectivity index (χ1n) is 7.95. The molecule has 0 bridgehead atoms. The highest BCUT2D eigenvalue weighted by Gasteiger charge is 2.15. The van der Waals surface area contributed by atoms with Crippen LogP contribution in [0.1, 0.15) is 11.3 Å². The van der Waals surface area contributed by atoms with Crippen molar-refractivity contribution >= 4 is 5.91 Å². The minimum Gasteiger partial charge on any atom is -0.486 e. The normalized spacial score (nSPS) is 13.1. The van der Waals surface area contributed by atoms with Crippen molar-refractivity contribution in [2.45, 2.75) is 13.1 Å². The number of nitrogens with zero attached hydrogens (tertiary/aromatic N) is 2. The van der Waals surface area contributed by atoms with Gasteiger partial charge in [0.25, 0.3) is 0 Å². The molecule has 2 aromatic rings. The van der Waals surface area contributed by atoms with Crippen LogP contribution in [0.4, 0.5) is 0 Å². The number of amides is 1. The van der Waals surface area contributed by atoms with Crippen molar-refractivity contribution in [3.63, 3.8) is 0 Å². The van der Waals surface area contributed by atoms with E-state index in [-0.39, 0.29) is 5.91 Å². The van der Waals surface area contributed by atoms with Crippen molar-refractivity contribution in [1.82, 2.24) is 9.80 Å². The smallest absolute Gasteiger partial charge is 0.236 e. The summed E-state index contributed by atoms with van der Waals surface area (Å²) in [6, 6.07) is 9.58. The molecule has 0 saturated heterocycles. The number of hydrogen-bond donors (Lipinski definition) is 0. The maximum Gasteiger partial charge on any atom is 0.236 e. The van der Waals surface area contributed by atoms with Crippen LogP contribution in [0.2, 0.25) is 0 Å². The maximum absolute atomic E-state index is 12.3. The largest absolute Gasteiger partial charge is 0.486 e. The molecule has 0 atom stereocenters. The van der Waals surface area contributed by atoms with Crippen molar-refractivity contribution in [3.05, 3.63) is 47.9 Å². The number of hydrogen-bond acceptors (Lipinski definition) is 5. The molecule has 0 N–H and O–H groups in total. The highest BCUT2D eigenvalue weighted by Crippen LogP contribution is 2.30. The summed E-state index contributed by atoms with van der Waals surface area (Å²) >= 11 is 0. The molecule has 3 rings (SSSR count). The van der Waals surface area contributed by atoms with E-state index in [4.69, 9.17) is 13.9 Å². The first-order valence-corrected chi connectivity index (χ1v) is 7.95. The van der Waals surface area contributed by atoms with Gasteiger partial charge < -0.3 is 18.8 Å². The standard InChI is InChI=1S/C18H22N2O4/c1-19(13-18(21)20(2)12-15-4-3-7-22-15)11-14-5-6-16-17(10-14)24-9-8-23-16/h3-7,10H,8-9,11-13H2,1-2H3. The van der Waals surface area contributed by atoms with Crippen molar-refractivity contribution in [2.24, 2.45) is 0 Å². The third kappa shape index (κ3) is 4.08. The number of furan rings is 1. The van der Waals surface area contributed by atoms with E-state index in [1.54, 1.807) is 18.2 Å². The van der Waals surface area contributed by atoms with E-state index in [9.17, 15) is 4.79 Å². The molecule has 0 aliphatic carbocycles. The molecule has 1 aliphatic rings. The monoisotopic (exact) mass is 330 g/mol. The minimum atomic E-state index is 0.0476. The molecule has 0 spiro atoms. The zero-order chi connectivity index (χ0) is 16.9. The van der Waals surface area contributed by atoms with Crippen LogP contribution in [0, 0.1) is 0 Å². The Labute approximate surface area is 141 Å². The van der Waals surface area contributed by atoms with E-state index in [2.05, 4.69) is 0 Å². The summed E-state index contributed by atoms with van der Waals surface area (Å²) < 4.78 is 16.4. The van der Waals surface area contributed by atoms with Gasteiger partial charge in [0.1, 0.15) is 19.0 Å². The van der Waals surface area contributed by atoms with Gasteiger partial charge in [-0.2, -0.15) is 0 Å². The molecule has 2 heterocycles. The zero-order valence-electron chi connectivity index (χ0n) is 14.0. The van der Waals surface area contributed by atoms with Crippen LogP contribution in [-0.4, -0.2) is 49.6 Å². The van der Waals surface area contributed by atoms with Gasteiger partial charge in [-0.05, 0) is 36.9 Å². The predicted molar refractivity (Wildman–Crippen MR) is 88.9 cm³/mol. The molecule has 1 aromatic heterocycles. The number of likely N-dealkylation sites (N-methyl/N-ethyl adjacent to an activating group) is 2. The molecule has 0 radical (unpaired) electrons. The van der Waals surface area contributed by atoms with Gasteiger partial charge in [0.2, 0.25) is 5.91 Å². The molecule has 0 unspecified atom stereocenters. The summed E-state index contributed by atoms with van der Waals surface area (Å²) in [5.74, 6) is 2.38. The number of carbonyl (C=O) groups excluding carboxylic acids is 1. The molecule has 1 aromatic carbocycles.